The van der Waals surface area contributed by atoms with Crippen LogP contribution < -0.4 is 0 Å². The number of carbonyl (C=O) groups excluding carboxylic acids is 1. The van der Waals surface area contributed by atoms with Crippen molar-refractivity contribution in [3.63, 3.8) is 0 Å². The summed E-state index contributed by atoms with van der Waals surface area (Å²) in [6.45, 7) is 4.45. The molecule has 0 bridgehead atoms. The smallest absolute Gasteiger partial charge is 1.00 e. The van der Waals surface area contributed by atoms with Crippen LogP contribution in [0.2, 0.25) is 0 Å². The maximum Gasteiger partial charge on any atom is 2.00 e. The molecule has 0 aromatic rings. The van der Waals surface area contributed by atoms with E-state index in [1.165, 1.54) is 0 Å². The molecule has 0 saturated heterocycles. The SMILES string of the molecule is CCCCCC(=O)OCC.[Ba+2].[Cd].[H-].[H-]. The predicted octanol–water partition coefficient (Wildman–Crippen LogP) is 1.97. The fraction of sp³-hybridized carbons (Fsp3) is 0.875. The van der Waals surface area contributed by atoms with Crippen molar-refractivity contribution in [3.8, 4) is 0 Å². The molecule has 0 aromatic heterocycles. The Morgan fingerprint density at radius 3 is 2.33 bits per heavy atom. The number of rotatable bonds is 5. The second-order valence-corrected chi connectivity index (χ2v) is 2.26. The van der Waals surface area contributed by atoms with Crippen LogP contribution in [0.4, 0.5) is 0 Å². The van der Waals surface area contributed by atoms with Gasteiger partial charge >= 0.3 is 54.9 Å². The van der Waals surface area contributed by atoms with Gasteiger partial charge in [-0.25, -0.2) is 0 Å². The molecule has 2 nitrogen and oxygen atoms in total. The first-order chi connectivity index (χ1) is 4.81. The maximum atomic E-state index is 10.7. The Hall–Kier alpha value is 1.96. The average molecular weight is 396 g/mol. The molecule has 4 heteroatoms. The zero-order valence-corrected chi connectivity index (χ0v) is 16.7. The fourth-order valence-corrected chi connectivity index (χ4v) is 0.752. The van der Waals surface area contributed by atoms with Crippen molar-refractivity contribution in [2.45, 2.75) is 39.5 Å². The summed E-state index contributed by atoms with van der Waals surface area (Å²) in [5, 5.41) is 0. The van der Waals surface area contributed by atoms with Crippen molar-refractivity contribution in [2.75, 3.05) is 6.61 Å². The number of ether oxygens (including phenoxy) is 1. The van der Waals surface area contributed by atoms with E-state index in [-0.39, 0.29) is 85.0 Å². The van der Waals surface area contributed by atoms with Crippen LogP contribution in [0, 0.1) is 0 Å². The Labute approximate surface area is 138 Å². The molecule has 0 N–H and O–H groups in total. The molecule has 0 aliphatic heterocycles. The minimum absolute atomic E-state index is 0. The van der Waals surface area contributed by atoms with E-state index in [2.05, 4.69) is 6.92 Å². The van der Waals surface area contributed by atoms with Crippen molar-refractivity contribution in [2.24, 2.45) is 0 Å². The Morgan fingerprint density at radius 1 is 1.33 bits per heavy atom. The van der Waals surface area contributed by atoms with Gasteiger partial charge in [0.25, 0.3) is 0 Å². The van der Waals surface area contributed by atoms with E-state index in [4.69, 9.17) is 4.74 Å². The van der Waals surface area contributed by atoms with Crippen LogP contribution in [-0.2, 0) is 36.8 Å². The van der Waals surface area contributed by atoms with E-state index < -0.39 is 0 Å². The summed E-state index contributed by atoms with van der Waals surface area (Å²) in [6, 6.07) is 0. The quantitative estimate of drug-likeness (QED) is 0.404. The van der Waals surface area contributed by atoms with Gasteiger partial charge in [-0.05, 0) is 13.3 Å². The van der Waals surface area contributed by atoms with Gasteiger partial charge in [-0.1, -0.05) is 19.8 Å². The van der Waals surface area contributed by atoms with Gasteiger partial charge in [-0.3, -0.25) is 4.79 Å². The van der Waals surface area contributed by atoms with Crippen LogP contribution in [-0.4, -0.2) is 61.5 Å². The Balaban J connectivity index is -0.0000000675. The summed E-state index contributed by atoms with van der Waals surface area (Å²) in [5.41, 5.74) is 0. The fourth-order valence-electron chi connectivity index (χ4n) is 0.752. The number of unbranched alkanes of at least 4 members (excludes halogenated alkanes) is 2. The van der Waals surface area contributed by atoms with Gasteiger partial charge in [0.1, 0.15) is 0 Å². The van der Waals surface area contributed by atoms with Crippen molar-refractivity contribution < 1.29 is 39.7 Å². The van der Waals surface area contributed by atoms with Crippen LogP contribution >= 0.6 is 0 Å². The molecule has 0 spiro atoms. The Morgan fingerprint density at radius 2 is 1.92 bits per heavy atom. The van der Waals surface area contributed by atoms with Gasteiger partial charge < -0.3 is 7.59 Å². The summed E-state index contributed by atoms with van der Waals surface area (Å²) in [5.74, 6) is -0.0593. The molecular formula is C8H18BaCdO2. The molecule has 0 rings (SSSR count). The van der Waals surface area contributed by atoms with Crippen LogP contribution in [0.3, 0.4) is 0 Å². The minimum Gasteiger partial charge on any atom is -1.00 e. The number of hydrogen-bond donors (Lipinski definition) is 0. The molecule has 0 saturated carbocycles. The largest absolute Gasteiger partial charge is 2.00 e. The summed E-state index contributed by atoms with van der Waals surface area (Å²) in [4.78, 5) is 10.7. The van der Waals surface area contributed by atoms with Gasteiger partial charge in [0.2, 0.25) is 0 Å². The topological polar surface area (TPSA) is 26.3 Å². The van der Waals surface area contributed by atoms with Crippen LogP contribution in [0.5, 0.6) is 0 Å². The molecule has 0 aromatic carbocycles. The molecule has 66 valence electrons. The van der Waals surface area contributed by atoms with Gasteiger partial charge in [0.05, 0.1) is 6.61 Å². The van der Waals surface area contributed by atoms with E-state index in [0.29, 0.717) is 13.0 Å². The third-order valence-electron chi connectivity index (χ3n) is 1.29. The molecule has 0 aliphatic carbocycles. The maximum absolute atomic E-state index is 10.7. The van der Waals surface area contributed by atoms with Crippen LogP contribution in [0.1, 0.15) is 42.4 Å². The first-order valence-electron chi connectivity index (χ1n) is 3.96. The third-order valence-corrected chi connectivity index (χ3v) is 1.29. The summed E-state index contributed by atoms with van der Waals surface area (Å²) in [6.07, 6.45) is 3.83. The van der Waals surface area contributed by atoms with Crippen molar-refractivity contribution in [1.29, 1.82) is 0 Å². The Bertz CT molecular complexity index is 107. The minimum atomic E-state index is -0.0593. The van der Waals surface area contributed by atoms with Gasteiger partial charge in [0.15, 0.2) is 0 Å². The van der Waals surface area contributed by atoms with Gasteiger partial charge in [0, 0.05) is 33.7 Å². The van der Waals surface area contributed by atoms with Crippen molar-refractivity contribution in [1.82, 2.24) is 0 Å². The summed E-state index contributed by atoms with van der Waals surface area (Å²) in [7, 11) is 0. The molecule has 0 amide bonds. The van der Waals surface area contributed by atoms with E-state index in [0.717, 1.165) is 19.3 Å². The standard InChI is InChI=1S/C8H16O2.Ba.Cd.2H/c1-3-5-6-7-8(9)10-4-2;;;;/h3-7H2,1-2H3;;;;/q;+2;;2*-1. The molecule has 0 unspecified atom stereocenters. The summed E-state index contributed by atoms with van der Waals surface area (Å²) < 4.78 is 4.75. The summed E-state index contributed by atoms with van der Waals surface area (Å²) >= 11 is 0. The molecule has 12 heavy (non-hydrogen) atoms. The van der Waals surface area contributed by atoms with Gasteiger partial charge in [-0.15, -0.1) is 0 Å². The van der Waals surface area contributed by atoms with Crippen LogP contribution in [0.25, 0.3) is 0 Å². The number of carbonyl (C=O) groups is 1. The zero-order chi connectivity index (χ0) is 7.82. The monoisotopic (exact) mass is 398 g/mol. The third kappa shape index (κ3) is 14.5. The van der Waals surface area contributed by atoms with Crippen molar-refractivity contribution in [3.05, 3.63) is 0 Å². The van der Waals surface area contributed by atoms with E-state index in [9.17, 15) is 4.79 Å². The van der Waals surface area contributed by atoms with E-state index in [1.54, 1.807) is 0 Å². The second-order valence-electron chi connectivity index (χ2n) is 2.26. The Kier molecular flexibility index (Phi) is 25.1. The molecule has 0 radical (unpaired) electrons. The molecule has 0 aliphatic rings. The number of esters is 1. The zero-order valence-electron chi connectivity index (χ0n) is 10.3. The van der Waals surface area contributed by atoms with E-state index in [1.807, 2.05) is 6.92 Å². The normalized spacial score (nSPS) is 7.83. The van der Waals surface area contributed by atoms with Crippen molar-refractivity contribution >= 4 is 54.9 Å². The first-order valence-corrected chi connectivity index (χ1v) is 3.96. The molecule has 0 atom stereocenters. The number of hydrogen-bond acceptors (Lipinski definition) is 2. The molecule has 0 fully saturated rings. The average Bonchev–Trinajstić information content (AvgIpc) is 1.89. The second kappa shape index (κ2) is 15.4. The van der Waals surface area contributed by atoms with Crippen LogP contribution in [0.15, 0.2) is 0 Å². The van der Waals surface area contributed by atoms with Gasteiger partial charge in [-0.2, -0.15) is 0 Å². The van der Waals surface area contributed by atoms with E-state index >= 15 is 0 Å². The molecular weight excluding hydrogens is 378 g/mol. The first kappa shape index (κ1) is 19.5. The predicted molar refractivity (Wildman–Crippen MR) is 48.8 cm³/mol. The molecule has 0 heterocycles.